The lowest BCUT2D eigenvalue weighted by molar-refractivity contribution is -0.384. The van der Waals surface area contributed by atoms with Crippen molar-refractivity contribution in [3.63, 3.8) is 0 Å². The number of ether oxygens (including phenoxy) is 1. The first-order valence-corrected chi connectivity index (χ1v) is 7.88. The van der Waals surface area contributed by atoms with Crippen LogP contribution in [0.4, 0.5) is 11.4 Å². The molecule has 1 aromatic carbocycles. The fourth-order valence-electron chi connectivity index (χ4n) is 2.20. The Kier molecular flexibility index (Phi) is 4.45. The minimum atomic E-state index is -3.71. The fourth-order valence-corrected chi connectivity index (χ4v) is 3.87. The molecule has 0 aliphatic carbocycles. The molecule has 1 fully saturated rings. The SMILES string of the molecule is CNc1cc([N+](=O)[O-])ccc1S(=O)(=O)N1CCOC(C)C1. The fraction of sp³-hybridized carbons (Fsp3) is 0.500. The Morgan fingerprint density at radius 2 is 2.19 bits per heavy atom. The largest absolute Gasteiger partial charge is 0.387 e. The molecule has 1 saturated heterocycles. The number of anilines is 1. The topological polar surface area (TPSA) is 102 Å². The molecule has 116 valence electrons. The molecule has 1 aliphatic heterocycles. The van der Waals surface area contributed by atoms with E-state index in [2.05, 4.69) is 5.32 Å². The Morgan fingerprint density at radius 1 is 1.48 bits per heavy atom. The van der Waals surface area contributed by atoms with Gasteiger partial charge in [0.1, 0.15) is 4.90 Å². The van der Waals surface area contributed by atoms with Crippen molar-refractivity contribution in [1.29, 1.82) is 0 Å². The van der Waals surface area contributed by atoms with E-state index >= 15 is 0 Å². The summed E-state index contributed by atoms with van der Waals surface area (Å²) in [6.07, 6.45) is -0.176. The molecule has 1 unspecified atom stereocenters. The highest BCUT2D eigenvalue weighted by Crippen LogP contribution is 2.29. The molecule has 1 aliphatic rings. The molecular formula is C12H17N3O5S. The van der Waals surface area contributed by atoms with Gasteiger partial charge in [0.15, 0.2) is 0 Å². The molecular weight excluding hydrogens is 298 g/mol. The zero-order chi connectivity index (χ0) is 15.6. The number of non-ortho nitro benzene ring substituents is 1. The van der Waals surface area contributed by atoms with Gasteiger partial charge < -0.3 is 10.1 Å². The van der Waals surface area contributed by atoms with E-state index in [0.29, 0.717) is 6.61 Å². The molecule has 9 heteroatoms. The molecule has 0 bridgehead atoms. The highest BCUT2D eigenvalue weighted by Gasteiger charge is 2.31. The van der Waals surface area contributed by atoms with E-state index in [9.17, 15) is 18.5 Å². The van der Waals surface area contributed by atoms with Crippen molar-refractivity contribution >= 4 is 21.4 Å². The van der Waals surface area contributed by atoms with E-state index in [0.717, 1.165) is 0 Å². The average Bonchev–Trinajstić information content (AvgIpc) is 2.46. The maximum atomic E-state index is 12.7. The smallest absolute Gasteiger partial charge is 0.271 e. The van der Waals surface area contributed by atoms with Crippen molar-refractivity contribution in [2.45, 2.75) is 17.9 Å². The summed E-state index contributed by atoms with van der Waals surface area (Å²) in [5, 5.41) is 13.5. The van der Waals surface area contributed by atoms with Crippen LogP contribution in [0.3, 0.4) is 0 Å². The first kappa shape index (κ1) is 15.7. The van der Waals surface area contributed by atoms with E-state index in [4.69, 9.17) is 4.74 Å². The van der Waals surface area contributed by atoms with Gasteiger partial charge in [0.2, 0.25) is 10.0 Å². The molecule has 21 heavy (non-hydrogen) atoms. The monoisotopic (exact) mass is 315 g/mol. The van der Waals surface area contributed by atoms with Crippen LogP contribution in [0.2, 0.25) is 0 Å². The lowest BCUT2D eigenvalue weighted by atomic mass is 10.3. The van der Waals surface area contributed by atoms with Crippen LogP contribution in [0, 0.1) is 10.1 Å². The first-order chi connectivity index (χ1) is 9.86. The highest BCUT2D eigenvalue weighted by molar-refractivity contribution is 7.89. The molecule has 1 N–H and O–H groups in total. The number of nitro groups is 1. The predicted molar refractivity (Wildman–Crippen MR) is 76.8 cm³/mol. The Labute approximate surface area is 122 Å². The minimum absolute atomic E-state index is 0.0321. The summed E-state index contributed by atoms with van der Waals surface area (Å²) in [5.74, 6) is 0. The third-order valence-electron chi connectivity index (χ3n) is 3.26. The van der Waals surface area contributed by atoms with E-state index in [1.54, 1.807) is 6.92 Å². The number of nitrogens with zero attached hydrogens (tertiary/aromatic N) is 2. The summed E-state index contributed by atoms with van der Waals surface area (Å²) in [6.45, 7) is 2.67. The van der Waals surface area contributed by atoms with Gasteiger partial charge in [0, 0.05) is 32.3 Å². The van der Waals surface area contributed by atoms with E-state index in [-0.39, 0.29) is 35.5 Å². The molecule has 0 amide bonds. The van der Waals surface area contributed by atoms with Crippen molar-refractivity contribution in [3.8, 4) is 0 Å². The van der Waals surface area contributed by atoms with Crippen molar-refractivity contribution in [3.05, 3.63) is 28.3 Å². The number of hydrogen-bond acceptors (Lipinski definition) is 6. The second-order valence-corrected chi connectivity index (χ2v) is 6.64. The lowest BCUT2D eigenvalue weighted by Crippen LogP contribution is -2.44. The van der Waals surface area contributed by atoms with Gasteiger partial charge >= 0.3 is 0 Å². The van der Waals surface area contributed by atoms with Crippen LogP contribution in [-0.2, 0) is 14.8 Å². The van der Waals surface area contributed by atoms with Gasteiger partial charge in [-0.1, -0.05) is 0 Å². The Balaban J connectivity index is 2.42. The molecule has 0 radical (unpaired) electrons. The summed E-state index contributed by atoms with van der Waals surface area (Å²) in [5.41, 5.74) is 0.0528. The number of benzene rings is 1. The van der Waals surface area contributed by atoms with E-state index < -0.39 is 14.9 Å². The molecule has 0 spiro atoms. The van der Waals surface area contributed by atoms with Gasteiger partial charge in [-0.05, 0) is 13.0 Å². The third-order valence-corrected chi connectivity index (χ3v) is 5.19. The van der Waals surface area contributed by atoms with E-state index in [1.807, 2.05) is 0 Å². The van der Waals surface area contributed by atoms with Gasteiger partial charge in [0.05, 0.1) is 23.3 Å². The van der Waals surface area contributed by atoms with Crippen LogP contribution in [-0.4, -0.2) is 50.5 Å². The van der Waals surface area contributed by atoms with Crippen LogP contribution in [0.5, 0.6) is 0 Å². The van der Waals surface area contributed by atoms with Crippen molar-refractivity contribution < 1.29 is 18.1 Å². The zero-order valence-corrected chi connectivity index (χ0v) is 12.6. The standard InChI is InChI=1S/C12H17N3O5S/c1-9-8-14(5-6-20-9)21(18,19)12-4-3-10(15(16)17)7-11(12)13-2/h3-4,7,9,13H,5-6,8H2,1-2H3. The maximum Gasteiger partial charge on any atom is 0.271 e. The van der Waals surface area contributed by atoms with Crippen LogP contribution in [0.1, 0.15) is 6.92 Å². The average molecular weight is 315 g/mol. The summed E-state index contributed by atoms with van der Waals surface area (Å²) in [6, 6.07) is 3.67. The Bertz CT molecular complexity index is 646. The van der Waals surface area contributed by atoms with Crippen molar-refractivity contribution in [2.24, 2.45) is 0 Å². The maximum absolute atomic E-state index is 12.7. The van der Waals surface area contributed by atoms with Gasteiger partial charge in [-0.2, -0.15) is 4.31 Å². The molecule has 1 atom stereocenters. The Morgan fingerprint density at radius 3 is 2.76 bits per heavy atom. The summed E-state index contributed by atoms with van der Waals surface area (Å²) in [7, 11) is -2.18. The predicted octanol–water partition coefficient (Wildman–Crippen LogP) is 1.05. The summed E-state index contributed by atoms with van der Waals surface area (Å²) < 4.78 is 32.0. The van der Waals surface area contributed by atoms with Crippen LogP contribution in [0.15, 0.2) is 23.1 Å². The van der Waals surface area contributed by atoms with Gasteiger partial charge in [0.25, 0.3) is 5.69 Å². The van der Waals surface area contributed by atoms with Gasteiger partial charge in [-0.25, -0.2) is 8.42 Å². The zero-order valence-electron chi connectivity index (χ0n) is 11.8. The van der Waals surface area contributed by atoms with E-state index in [1.165, 1.54) is 29.6 Å². The number of sulfonamides is 1. The number of nitrogens with one attached hydrogen (secondary N) is 1. The van der Waals surface area contributed by atoms with Crippen LogP contribution >= 0.6 is 0 Å². The third kappa shape index (κ3) is 3.14. The number of nitro benzene ring substituents is 1. The highest BCUT2D eigenvalue weighted by atomic mass is 32.2. The number of morpholine rings is 1. The second-order valence-electron chi connectivity index (χ2n) is 4.73. The quantitative estimate of drug-likeness (QED) is 0.658. The molecule has 0 aromatic heterocycles. The molecule has 8 nitrogen and oxygen atoms in total. The number of rotatable bonds is 4. The first-order valence-electron chi connectivity index (χ1n) is 6.44. The summed E-state index contributed by atoms with van der Waals surface area (Å²) in [4.78, 5) is 10.2. The minimum Gasteiger partial charge on any atom is -0.387 e. The van der Waals surface area contributed by atoms with Crippen LogP contribution in [0.25, 0.3) is 0 Å². The molecule has 1 heterocycles. The van der Waals surface area contributed by atoms with Crippen molar-refractivity contribution in [2.75, 3.05) is 32.1 Å². The number of hydrogen-bond donors (Lipinski definition) is 1. The lowest BCUT2D eigenvalue weighted by Gasteiger charge is -2.30. The van der Waals surface area contributed by atoms with Crippen LogP contribution < -0.4 is 5.32 Å². The second kappa shape index (κ2) is 5.96. The van der Waals surface area contributed by atoms with Crippen molar-refractivity contribution in [1.82, 2.24) is 4.31 Å². The molecule has 1 aromatic rings. The summed E-state index contributed by atoms with van der Waals surface area (Å²) >= 11 is 0. The van der Waals surface area contributed by atoms with Gasteiger partial charge in [-0.3, -0.25) is 10.1 Å². The molecule has 2 rings (SSSR count). The van der Waals surface area contributed by atoms with Gasteiger partial charge in [-0.15, -0.1) is 0 Å². The normalized spacial score (nSPS) is 20.2. The Hall–Kier alpha value is -1.71. The molecule has 0 saturated carbocycles.